The van der Waals surface area contributed by atoms with Crippen molar-refractivity contribution in [3.05, 3.63) is 60.2 Å². The molecule has 7 heteroatoms. The highest BCUT2D eigenvalue weighted by atomic mass is 16.5. The molecular formula is C23H22N2O5. The van der Waals surface area contributed by atoms with Crippen molar-refractivity contribution in [2.45, 2.75) is 12.8 Å². The number of anilines is 2. The summed E-state index contributed by atoms with van der Waals surface area (Å²) in [6, 6.07) is 11.7. The van der Waals surface area contributed by atoms with Crippen LogP contribution in [0.15, 0.2) is 54.6 Å². The number of hydrogen-bond donors (Lipinski definition) is 1. The maximum absolute atomic E-state index is 13.1. The summed E-state index contributed by atoms with van der Waals surface area (Å²) in [6.45, 7) is 0. The van der Waals surface area contributed by atoms with Gasteiger partial charge in [-0.25, -0.2) is 4.90 Å². The molecule has 2 unspecified atom stereocenters. The van der Waals surface area contributed by atoms with Crippen LogP contribution in [0, 0.1) is 11.8 Å². The van der Waals surface area contributed by atoms with Crippen LogP contribution in [0.5, 0.6) is 11.5 Å². The standard InChI is InChI=1S/C23H22N2O5/c1-29-14-11-12-20(30-2)18(13-14)24-21(26)17-9-5-6-10-19(17)25-22(27)15-7-3-4-8-16(15)23(25)28/h3-6,9-13,15-16H,7-8H2,1-2H3,(H,24,26). The number of methoxy groups -OCH3 is 2. The normalized spacial score (nSPS) is 20.1. The second-order valence-electron chi connectivity index (χ2n) is 7.21. The van der Waals surface area contributed by atoms with Crippen molar-refractivity contribution in [3.63, 3.8) is 0 Å². The Hall–Kier alpha value is -3.61. The summed E-state index contributed by atoms with van der Waals surface area (Å²) < 4.78 is 10.5. The first-order valence-corrected chi connectivity index (χ1v) is 9.70. The van der Waals surface area contributed by atoms with Crippen LogP contribution in [0.4, 0.5) is 11.4 Å². The number of hydrogen-bond acceptors (Lipinski definition) is 5. The van der Waals surface area contributed by atoms with E-state index in [2.05, 4.69) is 5.32 Å². The molecule has 2 aliphatic rings. The van der Waals surface area contributed by atoms with Crippen molar-refractivity contribution in [3.8, 4) is 11.5 Å². The molecule has 1 saturated heterocycles. The minimum absolute atomic E-state index is 0.232. The first kappa shape index (κ1) is 19.7. The predicted molar refractivity (Wildman–Crippen MR) is 112 cm³/mol. The Balaban J connectivity index is 1.67. The summed E-state index contributed by atoms with van der Waals surface area (Å²) >= 11 is 0. The molecule has 1 heterocycles. The molecule has 0 saturated carbocycles. The van der Waals surface area contributed by atoms with Crippen LogP contribution in [-0.4, -0.2) is 31.9 Å². The number of fused-ring (bicyclic) bond motifs is 1. The molecule has 154 valence electrons. The van der Waals surface area contributed by atoms with Crippen molar-refractivity contribution in [1.29, 1.82) is 0 Å². The van der Waals surface area contributed by atoms with E-state index in [1.54, 1.807) is 42.5 Å². The van der Waals surface area contributed by atoms with Crippen LogP contribution in [0.3, 0.4) is 0 Å². The number of ether oxygens (including phenoxy) is 2. The molecule has 2 aromatic rings. The average molecular weight is 406 g/mol. The van der Waals surface area contributed by atoms with Crippen molar-refractivity contribution in [2.24, 2.45) is 11.8 Å². The number of allylic oxidation sites excluding steroid dienone is 2. The lowest BCUT2D eigenvalue weighted by atomic mass is 9.85. The molecule has 1 fully saturated rings. The molecule has 1 N–H and O–H groups in total. The Labute approximate surface area is 174 Å². The average Bonchev–Trinajstić information content (AvgIpc) is 3.04. The van der Waals surface area contributed by atoms with Crippen molar-refractivity contribution < 1.29 is 23.9 Å². The van der Waals surface area contributed by atoms with Crippen molar-refractivity contribution >= 4 is 29.1 Å². The molecule has 2 atom stereocenters. The van der Waals surface area contributed by atoms with Crippen LogP contribution in [0.1, 0.15) is 23.2 Å². The largest absolute Gasteiger partial charge is 0.497 e. The molecule has 3 amide bonds. The fourth-order valence-electron chi connectivity index (χ4n) is 4.00. The van der Waals surface area contributed by atoms with Gasteiger partial charge in [-0.1, -0.05) is 24.3 Å². The van der Waals surface area contributed by atoms with Gasteiger partial charge in [-0.2, -0.15) is 0 Å². The van der Waals surface area contributed by atoms with Crippen molar-refractivity contribution in [2.75, 3.05) is 24.4 Å². The first-order valence-electron chi connectivity index (χ1n) is 9.70. The molecule has 0 spiro atoms. The molecule has 4 rings (SSSR count). The van der Waals surface area contributed by atoms with Gasteiger partial charge in [0.1, 0.15) is 11.5 Å². The zero-order valence-electron chi connectivity index (χ0n) is 16.8. The molecule has 0 aromatic heterocycles. The van der Waals surface area contributed by atoms with E-state index in [0.29, 0.717) is 35.7 Å². The third-order valence-corrected chi connectivity index (χ3v) is 5.55. The Morgan fingerprint density at radius 1 is 0.967 bits per heavy atom. The molecule has 7 nitrogen and oxygen atoms in total. The van der Waals surface area contributed by atoms with Gasteiger partial charge in [0.2, 0.25) is 11.8 Å². The summed E-state index contributed by atoms with van der Waals surface area (Å²) in [4.78, 5) is 40.2. The van der Waals surface area contributed by atoms with Crippen molar-refractivity contribution in [1.82, 2.24) is 0 Å². The second-order valence-corrected chi connectivity index (χ2v) is 7.21. The lowest BCUT2D eigenvalue weighted by Crippen LogP contribution is -2.33. The smallest absolute Gasteiger partial charge is 0.257 e. The molecule has 0 radical (unpaired) electrons. The van der Waals surface area contributed by atoms with Gasteiger partial charge in [0.15, 0.2) is 0 Å². The number of carbonyl (C=O) groups is 3. The van der Waals surface area contributed by atoms with Gasteiger partial charge in [-0.05, 0) is 37.1 Å². The summed E-state index contributed by atoms with van der Waals surface area (Å²) in [7, 11) is 3.03. The number of imide groups is 1. The third kappa shape index (κ3) is 3.32. The minimum atomic E-state index is -0.453. The van der Waals surface area contributed by atoms with E-state index in [-0.39, 0.29) is 29.2 Å². The van der Waals surface area contributed by atoms with Gasteiger partial charge in [0.25, 0.3) is 5.91 Å². The number of nitrogens with one attached hydrogen (secondary N) is 1. The number of benzene rings is 2. The summed E-state index contributed by atoms with van der Waals surface area (Å²) in [6.07, 6.45) is 4.95. The molecule has 1 aliphatic heterocycles. The minimum Gasteiger partial charge on any atom is -0.497 e. The Kier molecular flexibility index (Phi) is 5.27. The lowest BCUT2D eigenvalue weighted by Gasteiger charge is -2.19. The van der Waals surface area contributed by atoms with E-state index in [4.69, 9.17) is 9.47 Å². The van der Waals surface area contributed by atoms with E-state index >= 15 is 0 Å². The highest BCUT2D eigenvalue weighted by molar-refractivity contribution is 6.25. The van der Waals surface area contributed by atoms with Crippen LogP contribution in [0.25, 0.3) is 0 Å². The SMILES string of the molecule is COc1ccc(OC)c(NC(=O)c2ccccc2N2C(=O)C3CC=CCC3C2=O)c1. The van der Waals surface area contributed by atoms with E-state index < -0.39 is 5.91 Å². The number of rotatable bonds is 5. The quantitative estimate of drug-likeness (QED) is 0.608. The summed E-state index contributed by atoms with van der Waals surface area (Å²) in [5.74, 6) is -0.671. The van der Waals surface area contributed by atoms with Gasteiger partial charge >= 0.3 is 0 Å². The van der Waals surface area contributed by atoms with Crippen LogP contribution in [0.2, 0.25) is 0 Å². The number of carbonyl (C=O) groups excluding carboxylic acids is 3. The lowest BCUT2D eigenvalue weighted by molar-refractivity contribution is -0.122. The Morgan fingerprint density at radius 2 is 1.63 bits per heavy atom. The number of amides is 3. The molecule has 2 aromatic carbocycles. The topological polar surface area (TPSA) is 84.9 Å². The van der Waals surface area contributed by atoms with Gasteiger partial charge in [-0.3, -0.25) is 14.4 Å². The summed E-state index contributed by atoms with van der Waals surface area (Å²) in [5, 5.41) is 2.80. The van der Waals surface area contributed by atoms with E-state index in [1.807, 2.05) is 12.2 Å². The van der Waals surface area contributed by atoms with E-state index in [9.17, 15) is 14.4 Å². The van der Waals surface area contributed by atoms with Crippen LogP contribution in [-0.2, 0) is 9.59 Å². The monoisotopic (exact) mass is 406 g/mol. The van der Waals surface area contributed by atoms with Gasteiger partial charge in [-0.15, -0.1) is 0 Å². The molecule has 0 bridgehead atoms. The van der Waals surface area contributed by atoms with Gasteiger partial charge in [0, 0.05) is 6.07 Å². The third-order valence-electron chi connectivity index (χ3n) is 5.55. The second kappa shape index (κ2) is 8.02. The fourth-order valence-corrected chi connectivity index (χ4v) is 4.00. The molecular weight excluding hydrogens is 384 g/mol. The number of para-hydroxylation sites is 1. The number of nitrogens with zero attached hydrogens (tertiary/aromatic N) is 1. The Bertz CT molecular complexity index is 1020. The maximum Gasteiger partial charge on any atom is 0.257 e. The van der Waals surface area contributed by atoms with Crippen LogP contribution >= 0.6 is 0 Å². The highest BCUT2D eigenvalue weighted by Gasteiger charge is 2.48. The van der Waals surface area contributed by atoms with Gasteiger partial charge in [0.05, 0.1) is 43.0 Å². The van der Waals surface area contributed by atoms with Gasteiger partial charge < -0.3 is 14.8 Å². The fraction of sp³-hybridized carbons (Fsp3) is 0.261. The zero-order valence-corrected chi connectivity index (χ0v) is 16.8. The molecule has 30 heavy (non-hydrogen) atoms. The predicted octanol–water partition coefficient (Wildman–Crippen LogP) is 3.41. The highest BCUT2D eigenvalue weighted by Crippen LogP contribution is 2.39. The Morgan fingerprint density at radius 3 is 2.27 bits per heavy atom. The van der Waals surface area contributed by atoms with E-state index in [0.717, 1.165) is 0 Å². The van der Waals surface area contributed by atoms with Crippen LogP contribution < -0.4 is 19.7 Å². The molecule has 1 aliphatic carbocycles. The first-order chi connectivity index (χ1) is 14.5. The van der Waals surface area contributed by atoms with E-state index in [1.165, 1.54) is 19.1 Å². The maximum atomic E-state index is 13.1. The summed E-state index contributed by atoms with van der Waals surface area (Å²) in [5.41, 5.74) is 0.950. The zero-order chi connectivity index (χ0) is 21.3.